The van der Waals surface area contributed by atoms with Crippen molar-refractivity contribution < 1.29 is 19.2 Å². The highest BCUT2D eigenvalue weighted by atomic mass is 16.2. The molecule has 3 aliphatic rings. The zero-order valence-electron chi connectivity index (χ0n) is 14.5. The van der Waals surface area contributed by atoms with Crippen molar-refractivity contribution in [1.82, 2.24) is 10.2 Å². The highest BCUT2D eigenvalue weighted by Gasteiger charge is 2.44. The van der Waals surface area contributed by atoms with Crippen LogP contribution >= 0.6 is 0 Å². The van der Waals surface area contributed by atoms with Gasteiger partial charge in [-0.05, 0) is 18.1 Å². The summed E-state index contributed by atoms with van der Waals surface area (Å²) in [6, 6.07) is 4.34. The molecular weight excluding hydrogens is 332 g/mol. The van der Waals surface area contributed by atoms with Gasteiger partial charge in [0.05, 0.1) is 0 Å². The minimum atomic E-state index is -0.968. The summed E-state index contributed by atoms with van der Waals surface area (Å²) in [5.74, 6) is -1.97. The summed E-state index contributed by atoms with van der Waals surface area (Å²) in [6.07, 6.45) is 6.00. The lowest BCUT2D eigenvalue weighted by Crippen LogP contribution is -2.57. The number of hydrogen-bond donors (Lipinski definition) is 1. The predicted molar refractivity (Wildman–Crippen MR) is 94.6 cm³/mol. The predicted octanol–water partition coefficient (Wildman–Crippen LogP) is 1.91. The zero-order valence-corrected chi connectivity index (χ0v) is 14.5. The molecule has 0 radical (unpaired) electrons. The van der Waals surface area contributed by atoms with Crippen molar-refractivity contribution in [2.45, 2.75) is 32.7 Å². The maximum Gasteiger partial charge on any atom is 0.262 e. The van der Waals surface area contributed by atoms with Crippen LogP contribution in [0.4, 0.5) is 0 Å². The van der Waals surface area contributed by atoms with E-state index in [1.807, 2.05) is 38.1 Å². The molecule has 1 atom stereocenters. The highest BCUT2D eigenvalue weighted by molar-refractivity contribution is 6.33. The first-order valence-corrected chi connectivity index (χ1v) is 8.55. The number of hydrogen-bond acceptors (Lipinski definition) is 4. The molecule has 4 rings (SSSR count). The van der Waals surface area contributed by atoms with Gasteiger partial charge in [-0.1, -0.05) is 44.2 Å². The largest absolute Gasteiger partial charge is 0.295 e. The molecule has 2 heterocycles. The maximum atomic E-state index is 13.2. The van der Waals surface area contributed by atoms with Crippen molar-refractivity contribution in [3.63, 3.8) is 0 Å². The van der Waals surface area contributed by atoms with Crippen LogP contribution in [0.3, 0.4) is 0 Å². The normalized spacial score (nSPS) is 24.0. The van der Waals surface area contributed by atoms with Crippen molar-refractivity contribution in [2.24, 2.45) is 5.41 Å². The van der Waals surface area contributed by atoms with Gasteiger partial charge < -0.3 is 0 Å². The fourth-order valence-corrected chi connectivity index (χ4v) is 3.72. The number of carbonyl (C=O) groups excluding carboxylic acids is 4. The van der Waals surface area contributed by atoms with E-state index in [-0.39, 0.29) is 24.2 Å². The van der Waals surface area contributed by atoms with Crippen LogP contribution in [-0.2, 0) is 14.4 Å². The van der Waals surface area contributed by atoms with Crippen LogP contribution < -0.4 is 5.32 Å². The van der Waals surface area contributed by atoms with Gasteiger partial charge in [0.15, 0.2) is 0 Å². The van der Waals surface area contributed by atoms with Crippen LogP contribution in [0.2, 0.25) is 0 Å². The maximum absolute atomic E-state index is 13.2. The van der Waals surface area contributed by atoms with Crippen molar-refractivity contribution in [3.8, 4) is 0 Å². The van der Waals surface area contributed by atoms with E-state index >= 15 is 0 Å². The van der Waals surface area contributed by atoms with E-state index in [1.165, 1.54) is 0 Å². The van der Waals surface area contributed by atoms with E-state index < -0.39 is 23.8 Å². The SMILES string of the molecule is CC1(C)C=Cc2cccc3c2C(=C1)C(=O)N(C1CCC(=O)NC1=O)C3=O. The third-order valence-electron chi connectivity index (χ3n) is 5.00. The van der Waals surface area contributed by atoms with Gasteiger partial charge >= 0.3 is 0 Å². The molecule has 2 aliphatic heterocycles. The van der Waals surface area contributed by atoms with Gasteiger partial charge in [-0.15, -0.1) is 0 Å². The van der Waals surface area contributed by atoms with Crippen LogP contribution in [-0.4, -0.2) is 34.6 Å². The molecule has 1 fully saturated rings. The number of carbonyl (C=O) groups is 4. The van der Waals surface area contributed by atoms with Crippen molar-refractivity contribution >= 4 is 35.3 Å². The summed E-state index contributed by atoms with van der Waals surface area (Å²) in [4.78, 5) is 51.0. The quantitative estimate of drug-likeness (QED) is 0.784. The van der Waals surface area contributed by atoms with Crippen molar-refractivity contribution in [2.75, 3.05) is 0 Å². The second-order valence-corrected chi connectivity index (χ2v) is 7.43. The molecule has 1 aliphatic carbocycles. The molecule has 6 nitrogen and oxygen atoms in total. The molecule has 0 spiro atoms. The Balaban J connectivity index is 1.89. The van der Waals surface area contributed by atoms with Crippen LogP contribution in [0.5, 0.6) is 0 Å². The van der Waals surface area contributed by atoms with Gasteiger partial charge in [-0.25, -0.2) is 0 Å². The number of nitrogens with one attached hydrogen (secondary N) is 1. The summed E-state index contributed by atoms with van der Waals surface area (Å²) in [6.45, 7) is 3.95. The van der Waals surface area contributed by atoms with E-state index in [9.17, 15) is 19.2 Å². The summed E-state index contributed by atoms with van der Waals surface area (Å²) in [5.41, 5.74) is 1.88. The average Bonchev–Trinajstić information content (AvgIpc) is 2.72. The van der Waals surface area contributed by atoms with Gasteiger partial charge in [0, 0.05) is 28.5 Å². The van der Waals surface area contributed by atoms with E-state index in [0.29, 0.717) is 16.7 Å². The van der Waals surface area contributed by atoms with Gasteiger partial charge in [0.25, 0.3) is 11.8 Å². The molecule has 1 aromatic carbocycles. The molecule has 0 bridgehead atoms. The van der Waals surface area contributed by atoms with Crippen LogP contribution in [0, 0.1) is 5.41 Å². The van der Waals surface area contributed by atoms with Gasteiger partial charge in [0.2, 0.25) is 11.8 Å². The molecule has 1 N–H and O–H groups in total. The summed E-state index contributed by atoms with van der Waals surface area (Å²) < 4.78 is 0. The molecule has 1 aromatic rings. The number of amides is 4. The van der Waals surface area contributed by atoms with E-state index in [2.05, 4.69) is 5.32 Å². The average molecular weight is 350 g/mol. The monoisotopic (exact) mass is 350 g/mol. The third kappa shape index (κ3) is 2.41. The number of nitrogens with zero attached hydrogens (tertiary/aromatic N) is 1. The molecular formula is C20H18N2O4. The van der Waals surface area contributed by atoms with Gasteiger partial charge in [0.1, 0.15) is 6.04 Å². The van der Waals surface area contributed by atoms with E-state index in [1.54, 1.807) is 12.1 Å². The molecule has 4 amide bonds. The molecule has 6 heteroatoms. The lowest BCUT2D eigenvalue weighted by atomic mass is 9.85. The molecule has 1 saturated heterocycles. The first kappa shape index (κ1) is 16.4. The Bertz CT molecular complexity index is 939. The molecule has 0 aromatic heterocycles. The first-order chi connectivity index (χ1) is 12.3. The standard InChI is InChI=1S/C20H18N2O4/c1-20(2)9-8-11-4-3-5-12-16(11)13(10-20)19(26)22(18(12)25)14-6-7-15(23)21-17(14)24/h3-5,8-10,14H,6-7H2,1-2H3,(H,21,23,24). The minimum absolute atomic E-state index is 0.104. The number of allylic oxidation sites excluding steroid dienone is 2. The van der Waals surface area contributed by atoms with E-state index in [0.717, 1.165) is 10.5 Å². The smallest absolute Gasteiger partial charge is 0.262 e. The summed E-state index contributed by atoms with van der Waals surface area (Å²) in [7, 11) is 0. The van der Waals surface area contributed by atoms with Gasteiger partial charge in [-0.3, -0.25) is 29.4 Å². The number of rotatable bonds is 1. The summed E-state index contributed by atoms with van der Waals surface area (Å²) in [5, 5.41) is 2.22. The second kappa shape index (κ2) is 5.49. The topological polar surface area (TPSA) is 83.6 Å². The second-order valence-electron chi connectivity index (χ2n) is 7.43. The Labute approximate surface area is 150 Å². The Morgan fingerprint density at radius 1 is 1.12 bits per heavy atom. The fraction of sp³-hybridized carbons (Fsp3) is 0.300. The van der Waals surface area contributed by atoms with Crippen LogP contribution in [0.25, 0.3) is 11.6 Å². The number of imide groups is 2. The van der Waals surface area contributed by atoms with Crippen LogP contribution in [0.1, 0.15) is 48.2 Å². The minimum Gasteiger partial charge on any atom is -0.295 e. The zero-order chi connectivity index (χ0) is 18.6. The Morgan fingerprint density at radius 2 is 1.88 bits per heavy atom. The van der Waals surface area contributed by atoms with Crippen LogP contribution in [0.15, 0.2) is 30.4 Å². The number of piperidine rings is 1. The number of benzene rings is 1. The molecule has 132 valence electrons. The fourth-order valence-electron chi connectivity index (χ4n) is 3.72. The lowest BCUT2D eigenvalue weighted by molar-refractivity contribution is -0.141. The van der Waals surface area contributed by atoms with Gasteiger partial charge in [-0.2, -0.15) is 0 Å². The van der Waals surface area contributed by atoms with Crippen molar-refractivity contribution in [1.29, 1.82) is 0 Å². The molecule has 26 heavy (non-hydrogen) atoms. The molecule has 1 unspecified atom stereocenters. The summed E-state index contributed by atoms with van der Waals surface area (Å²) >= 11 is 0. The van der Waals surface area contributed by atoms with Crippen molar-refractivity contribution in [3.05, 3.63) is 47.0 Å². The first-order valence-electron chi connectivity index (χ1n) is 8.55. The van der Waals surface area contributed by atoms with E-state index in [4.69, 9.17) is 0 Å². The highest BCUT2D eigenvalue weighted by Crippen LogP contribution is 2.39. The Hall–Kier alpha value is -3.02. The lowest BCUT2D eigenvalue weighted by Gasteiger charge is -2.36. The Kier molecular flexibility index (Phi) is 3.47. The molecule has 0 saturated carbocycles. The Morgan fingerprint density at radius 3 is 2.62 bits per heavy atom. The third-order valence-corrected chi connectivity index (χ3v) is 5.00.